The molecule has 0 unspecified atom stereocenters. The molecule has 176 valence electrons. The minimum absolute atomic E-state index is 0.218. The molecule has 0 saturated carbocycles. The number of benzene rings is 2. The Bertz CT molecular complexity index is 1360. The zero-order chi connectivity index (χ0) is 24.3. The van der Waals surface area contributed by atoms with E-state index in [1.165, 1.54) is 28.0 Å². The zero-order valence-electron chi connectivity index (χ0n) is 19.4. The predicted molar refractivity (Wildman–Crippen MR) is 132 cm³/mol. The van der Waals surface area contributed by atoms with Crippen molar-refractivity contribution < 1.29 is 13.9 Å². The third-order valence-corrected chi connectivity index (χ3v) is 5.98. The number of nitrogens with zero attached hydrogens (tertiary/aromatic N) is 3. The smallest absolute Gasteiger partial charge is 0.306 e. The molecule has 0 N–H and O–H groups in total. The fourth-order valence-electron chi connectivity index (χ4n) is 3.70. The van der Waals surface area contributed by atoms with E-state index in [1.54, 1.807) is 24.4 Å². The van der Waals surface area contributed by atoms with Gasteiger partial charge in [-0.15, -0.1) is 11.3 Å². The first-order chi connectivity index (χ1) is 16.2. The van der Waals surface area contributed by atoms with Crippen LogP contribution in [-0.4, -0.2) is 26.1 Å². The summed E-state index contributed by atoms with van der Waals surface area (Å²) in [5.41, 5.74) is 1.29. The van der Waals surface area contributed by atoms with Gasteiger partial charge in [0.05, 0.1) is 16.6 Å². The number of carbonyl (C=O) groups excluding carboxylic acids is 1. The highest BCUT2D eigenvalue weighted by molar-refractivity contribution is 7.13. The summed E-state index contributed by atoms with van der Waals surface area (Å²) in [4.78, 5) is 34.7. The number of aromatic nitrogens is 3. The molecule has 0 bridgehead atoms. The molecule has 0 aliphatic heterocycles. The molecule has 8 heteroatoms. The van der Waals surface area contributed by atoms with E-state index in [2.05, 4.69) is 4.98 Å². The maximum Gasteiger partial charge on any atom is 0.306 e. The largest absolute Gasteiger partial charge is 0.460 e. The van der Waals surface area contributed by atoms with Crippen molar-refractivity contribution in [3.8, 4) is 16.3 Å². The number of hydrogen-bond donors (Lipinski definition) is 0. The molecule has 0 radical (unpaired) electrons. The molecule has 0 aliphatic carbocycles. The van der Waals surface area contributed by atoms with Crippen LogP contribution in [0.1, 0.15) is 45.9 Å². The van der Waals surface area contributed by atoms with Crippen LogP contribution in [0.15, 0.2) is 58.8 Å². The van der Waals surface area contributed by atoms with Crippen LogP contribution in [0.3, 0.4) is 0 Å². The number of thiazole rings is 1. The van der Waals surface area contributed by atoms with Gasteiger partial charge in [0.15, 0.2) is 0 Å². The molecule has 0 aliphatic rings. The quantitative estimate of drug-likeness (QED) is 0.251. The standard InChI is InChI=1S/C26H26FN3O3S/c1-26(2,3)33-23(31)7-5-4-6-22-29-21-16-17(24-28-14-15-34-24)8-13-20(21)25(32)30(22)19-11-9-18(27)10-12-19/h8-16H,4-7H2,1-3H3. The number of ether oxygens (including phenoxy) is 1. The Morgan fingerprint density at radius 2 is 1.88 bits per heavy atom. The lowest BCUT2D eigenvalue weighted by Crippen LogP contribution is -2.24. The number of rotatable bonds is 7. The molecule has 0 spiro atoms. The average Bonchev–Trinajstić information content (AvgIpc) is 3.31. The van der Waals surface area contributed by atoms with E-state index in [9.17, 15) is 14.0 Å². The number of aryl methyl sites for hydroxylation is 1. The van der Waals surface area contributed by atoms with Crippen LogP contribution in [0.2, 0.25) is 0 Å². The van der Waals surface area contributed by atoms with Gasteiger partial charge >= 0.3 is 5.97 Å². The van der Waals surface area contributed by atoms with E-state index in [1.807, 2.05) is 38.3 Å². The normalized spacial score (nSPS) is 11.6. The monoisotopic (exact) mass is 479 g/mol. The van der Waals surface area contributed by atoms with Gasteiger partial charge in [-0.1, -0.05) is 6.07 Å². The second kappa shape index (κ2) is 9.85. The summed E-state index contributed by atoms with van der Waals surface area (Å²) in [6, 6.07) is 11.3. The van der Waals surface area contributed by atoms with Crippen LogP contribution in [0.5, 0.6) is 0 Å². The van der Waals surface area contributed by atoms with Crippen LogP contribution >= 0.6 is 11.3 Å². The summed E-state index contributed by atoms with van der Waals surface area (Å²) in [5, 5.41) is 3.22. The summed E-state index contributed by atoms with van der Waals surface area (Å²) >= 11 is 1.52. The Balaban J connectivity index is 1.66. The van der Waals surface area contributed by atoms with E-state index in [4.69, 9.17) is 9.72 Å². The highest BCUT2D eigenvalue weighted by Gasteiger charge is 2.17. The van der Waals surface area contributed by atoms with Crippen molar-refractivity contribution in [1.82, 2.24) is 14.5 Å². The molecule has 2 aromatic carbocycles. The van der Waals surface area contributed by atoms with E-state index in [0.29, 0.717) is 48.1 Å². The Hall–Kier alpha value is -3.39. The SMILES string of the molecule is CC(C)(C)OC(=O)CCCCc1nc2cc(-c3nccs3)ccc2c(=O)n1-c1ccc(F)cc1. The lowest BCUT2D eigenvalue weighted by molar-refractivity contribution is -0.154. The van der Waals surface area contributed by atoms with Crippen molar-refractivity contribution in [2.45, 2.75) is 52.1 Å². The summed E-state index contributed by atoms with van der Waals surface area (Å²) in [7, 11) is 0. The number of esters is 1. The number of halogens is 1. The molecular weight excluding hydrogens is 453 g/mol. The van der Waals surface area contributed by atoms with Gasteiger partial charge in [-0.2, -0.15) is 0 Å². The zero-order valence-corrected chi connectivity index (χ0v) is 20.2. The number of fused-ring (bicyclic) bond motifs is 1. The highest BCUT2D eigenvalue weighted by atomic mass is 32.1. The van der Waals surface area contributed by atoms with E-state index in [0.717, 1.165) is 10.6 Å². The summed E-state index contributed by atoms with van der Waals surface area (Å²) in [5.74, 6) is -0.0647. The number of hydrogen-bond acceptors (Lipinski definition) is 6. The first kappa shape index (κ1) is 23.8. The average molecular weight is 480 g/mol. The van der Waals surface area contributed by atoms with Crippen LogP contribution in [-0.2, 0) is 16.0 Å². The highest BCUT2D eigenvalue weighted by Crippen LogP contribution is 2.25. The van der Waals surface area contributed by atoms with Crippen LogP contribution in [0.4, 0.5) is 4.39 Å². The molecule has 6 nitrogen and oxygen atoms in total. The molecule has 0 amide bonds. The second-order valence-corrected chi connectivity index (χ2v) is 9.90. The molecule has 4 aromatic rings. The topological polar surface area (TPSA) is 74.1 Å². The van der Waals surface area contributed by atoms with Crippen LogP contribution < -0.4 is 5.56 Å². The lowest BCUT2D eigenvalue weighted by Gasteiger charge is -2.19. The minimum Gasteiger partial charge on any atom is -0.460 e. The van der Waals surface area contributed by atoms with Crippen molar-refractivity contribution in [2.24, 2.45) is 0 Å². The van der Waals surface area contributed by atoms with Gasteiger partial charge in [0.1, 0.15) is 22.3 Å². The molecule has 2 aromatic heterocycles. The first-order valence-corrected chi connectivity index (χ1v) is 12.0. The molecular formula is C26H26FN3O3S. The lowest BCUT2D eigenvalue weighted by atomic mass is 10.1. The van der Waals surface area contributed by atoms with Crippen molar-refractivity contribution in [2.75, 3.05) is 0 Å². The van der Waals surface area contributed by atoms with Crippen LogP contribution in [0, 0.1) is 5.82 Å². The van der Waals surface area contributed by atoms with Gasteiger partial charge < -0.3 is 4.74 Å². The third-order valence-electron chi connectivity index (χ3n) is 5.15. The Kier molecular flexibility index (Phi) is 6.88. The number of unbranched alkanes of at least 4 members (excludes halogenated alkanes) is 1. The summed E-state index contributed by atoms with van der Waals surface area (Å²) in [6.45, 7) is 5.52. The Labute approximate surface area is 201 Å². The maximum absolute atomic E-state index is 13.5. The fraction of sp³-hybridized carbons (Fsp3) is 0.308. The van der Waals surface area contributed by atoms with Crippen molar-refractivity contribution in [3.05, 3.63) is 76.0 Å². The fourth-order valence-corrected chi connectivity index (χ4v) is 4.34. The first-order valence-electron chi connectivity index (χ1n) is 11.1. The van der Waals surface area contributed by atoms with Gasteiger partial charge in [-0.05, 0) is 70.0 Å². The van der Waals surface area contributed by atoms with Gasteiger partial charge in [0, 0.05) is 30.0 Å². The molecule has 2 heterocycles. The van der Waals surface area contributed by atoms with Gasteiger partial charge in [-0.3, -0.25) is 14.2 Å². The van der Waals surface area contributed by atoms with Crippen LogP contribution in [0.25, 0.3) is 27.2 Å². The number of carbonyl (C=O) groups is 1. The Morgan fingerprint density at radius 3 is 2.56 bits per heavy atom. The molecule has 0 atom stereocenters. The summed E-state index contributed by atoms with van der Waals surface area (Å²) < 4.78 is 20.4. The van der Waals surface area contributed by atoms with E-state index in [-0.39, 0.29) is 17.3 Å². The molecule has 0 fully saturated rings. The van der Waals surface area contributed by atoms with Crippen molar-refractivity contribution >= 4 is 28.2 Å². The molecule has 4 rings (SSSR count). The van der Waals surface area contributed by atoms with Gasteiger partial charge in [0.2, 0.25) is 0 Å². The Morgan fingerprint density at radius 1 is 1.12 bits per heavy atom. The molecule has 0 saturated heterocycles. The molecule has 34 heavy (non-hydrogen) atoms. The maximum atomic E-state index is 13.5. The second-order valence-electron chi connectivity index (χ2n) is 9.01. The summed E-state index contributed by atoms with van der Waals surface area (Å²) in [6.07, 6.45) is 3.75. The minimum atomic E-state index is -0.519. The van der Waals surface area contributed by atoms with Crippen molar-refractivity contribution in [1.29, 1.82) is 0 Å². The van der Waals surface area contributed by atoms with Crippen molar-refractivity contribution in [3.63, 3.8) is 0 Å². The van der Waals surface area contributed by atoms with Gasteiger partial charge in [-0.25, -0.2) is 14.4 Å². The predicted octanol–water partition coefficient (Wildman–Crippen LogP) is 5.70. The van der Waals surface area contributed by atoms with Gasteiger partial charge in [0.25, 0.3) is 5.56 Å². The van der Waals surface area contributed by atoms with E-state index >= 15 is 0 Å². The van der Waals surface area contributed by atoms with E-state index < -0.39 is 5.60 Å². The third kappa shape index (κ3) is 5.56.